The lowest BCUT2D eigenvalue weighted by Crippen LogP contribution is -2.55. The molecule has 0 radical (unpaired) electrons. The normalized spacial score (nSPS) is 15.8. The summed E-state index contributed by atoms with van der Waals surface area (Å²) in [6, 6.07) is -1.30. The summed E-state index contributed by atoms with van der Waals surface area (Å²) in [5.74, 6) is -1.42. The highest BCUT2D eigenvalue weighted by atomic mass is 16.4. The summed E-state index contributed by atoms with van der Waals surface area (Å²) >= 11 is 0. The predicted octanol–water partition coefficient (Wildman–Crippen LogP) is -2.71. The molecule has 0 heterocycles. The first-order valence-electron chi connectivity index (χ1n) is 3.69. The molecule has 13 heavy (non-hydrogen) atoms. The Morgan fingerprint density at radius 2 is 1.92 bits per heavy atom. The molecule has 0 saturated heterocycles. The second-order valence-electron chi connectivity index (χ2n) is 3.89. The fourth-order valence-electron chi connectivity index (χ4n) is 0.832. The van der Waals surface area contributed by atoms with Crippen LogP contribution in [0.4, 0.5) is 0 Å². The first-order chi connectivity index (χ1) is 5.24. The number of aliphatic carboxylic acids is 1. The molecular formula is C7H19N3O3. The SMILES string of the molecule is C[N+](C)(C)CC(O)C(N)C(=O)[O-].N. The fourth-order valence-corrected chi connectivity index (χ4v) is 0.832. The molecule has 0 rings (SSSR count). The van der Waals surface area contributed by atoms with Gasteiger partial charge in [-0.25, -0.2) is 0 Å². The van der Waals surface area contributed by atoms with Gasteiger partial charge in [0.05, 0.1) is 33.2 Å². The van der Waals surface area contributed by atoms with E-state index in [1.165, 1.54) is 0 Å². The van der Waals surface area contributed by atoms with E-state index in [1.807, 2.05) is 21.1 Å². The van der Waals surface area contributed by atoms with Crippen LogP contribution in [0.2, 0.25) is 0 Å². The quantitative estimate of drug-likeness (QED) is 0.419. The van der Waals surface area contributed by atoms with Crippen molar-refractivity contribution in [3.63, 3.8) is 0 Å². The van der Waals surface area contributed by atoms with E-state index in [2.05, 4.69) is 0 Å². The van der Waals surface area contributed by atoms with E-state index in [-0.39, 0.29) is 12.7 Å². The second kappa shape index (κ2) is 5.13. The Morgan fingerprint density at radius 3 is 2.15 bits per heavy atom. The van der Waals surface area contributed by atoms with Crippen LogP contribution in [-0.4, -0.2) is 55.4 Å². The van der Waals surface area contributed by atoms with Gasteiger partial charge in [0, 0.05) is 0 Å². The molecule has 6 nitrogen and oxygen atoms in total. The standard InChI is InChI=1S/C7H16N2O3.H3N/c1-9(2,3)4-5(10)6(8)7(11)12;/h5-6,10H,4,8H2,1-3H3;1H3. The van der Waals surface area contributed by atoms with Crippen LogP contribution in [0.3, 0.4) is 0 Å². The lowest BCUT2D eigenvalue weighted by Gasteiger charge is -2.29. The number of rotatable bonds is 4. The lowest BCUT2D eigenvalue weighted by atomic mass is 10.1. The Morgan fingerprint density at radius 1 is 1.54 bits per heavy atom. The minimum Gasteiger partial charge on any atom is -0.548 e. The van der Waals surface area contributed by atoms with Crippen molar-refractivity contribution in [2.24, 2.45) is 5.73 Å². The molecule has 80 valence electrons. The van der Waals surface area contributed by atoms with Crippen LogP contribution in [0.1, 0.15) is 0 Å². The van der Waals surface area contributed by atoms with Crippen molar-refractivity contribution >= 4 is 5.97 Å². The van der Waals surface area contributed by atoms with Crippen LogP contribution in [0.25, 0.3) is 0 Å². The molecule has 6 heteroatoms. The van der Waals surface area contributed by atoms with E-state index in [0.717, 1.165) is 0 Å². The van der Waals surface area contributed by atoms with Gasteiger partial charge < -0.3 is 31.4 Å². The third kappa shape index (κ3) is 6.47. The number of nitrogens with two attached hydrogens (primary N) is 1. The summed E-state index contributed by atoms with van der Waals surface area (Å²) in [6.45, 7) is 0.287. The van der Waals surface area contributed by atoms with Crippen molar-refractivity contribution in [2.75, 3.05) is 27.7 Å². The highest BCUT2D eigenvalue weighted by Gasteiger charge is 2.22. The molecule has 6 N–H and O–H groups in total. The molecular weight excluding hydrogens is 174 g/mol. The Hall–Kier alpha value is -0.690. The van der Waals surface area contributed by atoms with Gasteiger partial charge in [0.25, 0.3) is 0 Å². The molecule has 0 spiro atoms. The smallest absolute Gasteiger partial charge is 0.123 e. The van der Waals surface area contributed by atoms with Gasteiger partial charge in [0.2, 0.25) is 0 Å². The Balaban J connectivity index is 0. The van der Waals surface area contributed by atoms with Crippen LogP contribution >= 0.6 is 0 Å². The van der Waals surface area contributed by atoms with Crippen molar-refractivity contribution in [2.45, 2.75) is 12.1 Å². The number of likely N-dealkylation sites (N-methyl/N-ethyl adjacent to an activating group) is 1. The van der Waals surface area contributed by atoms with E-state index < -0.39 is 18.1 Å². The molecule has 0 amide bonds. The highest BCUT2D eigenvalue weighted by molar-refractivity contribution is 5.71. The Kier molecular flexibility index (Phi) is 5.84. The van der Waals surface area contributed by atoms with Crippen LogP contribution in [0.5, 0.6) is 0 Å². The van der Waals surface area contributed by atoms with E-state index in [1.54, 1.807) is 0 Å². The van der Waals surface area contributed by atoms with Gasteiger partial charge in [-0.15, -0.1) is 0 Å². The summed E-state index contributed by atoms with van der Waals surface area (Å²) in [5, 5.41) is 19.5. The molecule has 0 aliphatic rings. The first-order valence-corrected chi connectivity index (χ1v) is 3.69. The predicted molar refractivity (Wildman–Crippen MR) is 46.9 cm³/mol. The molecule has 0 bridgehead atoms. The third-order valence-corrected chi connectivity index (χ3v) is 1.42. The number of hydrogen-bond acceptors (Lipinski definition) is 5. The van der Waals surface area contributed by atoms with Crippen molar-refractivity contribution in [3.05, 3.63) is 0 Å². The average Bonchev–Trinajstić information content (AvgIpc) is 1.82. The summed E-state index contributed by atoms with van der Waals surface area (Å²) in [6.07, 6.45) is -1.06. The largest absolute Gasteiger partial charge is 0.548 e. The zero-order valence-electron chi connectivity index (χ0n) is 8.36. The molecule has 0 aliphatic heterocycles. The van der Waals surface area contributed by atoms with Gasteiger partial charge in [-0.3, -0.25) is 0 Å². The van der Waals surface area contributed by atoms with Crippen molar-refractivity contribution in [1.82, 2.24) is 6.15 Å². The van der Waals surface area contributed by atoms with Gasteiger partial charge in [-0.1, -0.05) is 0 Å². The number of aliphatic hydroxyl groups excluding tert-OH is 1. The van der Waals surface area contributed by atoms with Gasteiger partial charge in [0.15, 0.2) is 0 Å². The maximum absolute atomic E-state index is 10.2. The first kappa shape index (κ1) is 14.8. The minimum atomic E-state index is -1.42. The van der Waals surface area contributed by atoms with E-state index in [4.69, 9.17) is 5.73 Å². The summed E-state index contributed by atoms with van der Waals surface area (Å²) < 4.78 is 0.460. The van der Waals surface area contributed by atoms with Crippen LogP contribution in [0, 0.1) is 0 Å². The minimum absolute atomic E-state index is 0. The highest BCUT2D eigenvalue weighted by Crippen LogP contribution is 1.97. The third-order valence-electron chi connectivity index (χ3n) is 1.42. The van der Waals surface area contributed by atoms with Crippen LogP contribution < -0.4 is 17.0 Å². The molecule has 0 saturated carbocycles. The maximum atomic E-state index is 10.2. The summed E-state index contributed by atoms with van der Waals surface area (Å²) in [7, 11) is 5.52. The summed E-state index contributed by atoms with van der Waals surface area (Å²) in [4.78, 5) is 10.2. The topological polar surface area (TPSA) is 121 Å². The molecule has 2 atom stereocenters. The van der Waals surface area contributed by atoms with E-state index >= 15 is 0 Å². The number of nitrogens with zero attached hydrogens (tertiary/aromatic N) is 1. The zero-order chi connectivity index (χ0) is 9.94. The Bertz CT molecular complexity index is 167. The van der Waals surface area contributed by atoms with Gasteiger partial charge in [-0.2, -0.15) is 0 Å². The van der Waals surface area contributed by atoms with Gasteiger partial charge in [-0.05, 0) is 0 Å². The number of carbonyl (C=O) groups excluding carboxylic acids is 1. The van der Waals surface area contributed by atoms with Gasteiger partial charge in [0.1, 0.15) is 12.6 Å². The molecule has 0 fully saturated rings. The van der Waals surface area contributed by atoms with Crippen molar-refractivity contribution in [1.29, 1.82) is 0 Å². The number of quaternary nitrogens is 1. The number of carbonyl (C=O) groups is 1. The second-order valence-corrected chi connectivity index (χ2v) is 3.89. The molecule has 2 unspecified atom stereocenters. The van der Waals surface area contributed by atoms with Crippen LogP contribution in [0.15, 0.2) is 0 Å². The molecule has 0 aromatic heterocycles. The lowest BCUT2D eigenvalue weighted by molar-refractivity contribution is -0.873. The van der Waals surface area contributed by atoms with E-state index in [0.29, 0.717) is 4.48 Å². The van der Waals surface area contributed by atoms with E-state index in [9.17, 15) is 15.0 Å². The fraction of sp³-hybridized carbons (Fsp3) is 0.857. The maximum Gasteiger partial charge on any atom is 0.123 e. The average molecular weight is 193 g/mol. The van der Waals surface area contributed by atoms with Crippen molar-refractivity contribution in [3.8, 4) is 0 Å². The number of carboxylic acids is 1. The number of carboxylic acid groups (broad SMARTS) is 1. The Labute approximate surface area is 78.1 Å². The van der Waals surface area contributed by atoms with Crippen LogP contribution in [-0.2, 0) is 4.79 Å². The number of hydrogen-bond donors (Lipinski definition) is 3. The number of aliphatic hydroxyl groups is 1. The molecule has 0 aliphatic carbocycles. The van der Waals surface area contributed by atoms with Gasteiger partial charge >= 0.3 is 0 Å². The zero-order valence-corrected chi connectivity index (χ0v) is 8.36. The molecule has 0 aromatic rings. The summed E-state index contributed by atoms with van der Waals surface area (Å²) in [5.41, 5.74) is 5.15. The molecule has 0 aromatic carbocycles. The monoisotopic (exact) mass is 193 g/mol. The van der Waals surface area contributed by atoms with Crippen molar-refractivity contribution < 1.29 is 19.5 Å².